The number of rotatable bonds is 4. The van der Waals surface area contributed by atoms with E-state index in [-0.39, 0.29) is 12.8 Å². The molecule has 1 aliphatic rings. The van der Waals surface area contributed by atoms with Crippen molar-refractivity contribution in [2.24, 2.45) is 4.99 Å². The third kappa shape index (κ3) is 2.96. The van der Waals surface area contributed by atoms with Gasteiger partial charge < -0.3 is 14.2 Å². The van der Waals surface area contributed by atoms with Gasteiger partial charge in [-0.3, -0.25) is 0 Å². The van der Waals surface area contributed by atoms with Gasteiger partial charge in [0.1, 0.15) is 9.88 Å². The van der Waals surface area contributed by atoms with Gasteiger partial charge in [-0.25, -0.2) is 9.79 Å². The molecule has 0 aliphatic carbocycles. The fourth-order valence-corrected chi connectivity index (χ4v) is 2.97. The Morgan fingerprint density at radius 3 is 3.00 bits per heavy atom. The molecule has 3 rings (SSSR count). The molecule has 0 bridgehead atoms. The van der Waals surface area contributed by atoms with Crippen LogP contribution in [0.1, 0.15) is 27.7 Å². The average molecular weight is 317 g/mol. The molecule has 2 aromatic rings. The average Bonchev–Trinajstić information content (AvgIpc) is 3.11. The second-order valence-corrected chi connectivity index (χ2v) is 5.72. The summed E-state index contributed by atoms with van der Waals surface area (Å²) in [5.74, 6) is 1.17. The van der Waals surface area contributed by atoms with Crippen molar-refractivity contribution >= 4 is 28.5 Å². The van der Waals surface area contributed by atoms with Crippen molar-refractivity contribution in [1.29, 1.82) is 0 Å². The zero-order valence-corrected chi connectivity index (χ0v) is 13.1. The first-order valence-electron chi connectivity index (χ1n) is 6.88. The van der Waals surface area contributed by atoms with E-state index in [9.17, 15) is 4.79 Å². The molecule has 0 N–H and O–H groups in total. The molecule has 114 valence electrons. The number of ether oxygens (including phenoxy) is 3. The zero-order chi connectivity index (χ0) is 15.5. The second kappa shape index (κ2) is 6.19. The van der Waals surface area contributed by atoms with E-state index in [2.05, 4.69) is 4.99 Å². The summed E-state index contributed by atoms with van der Waals surface area (Å²) in [4.78, 5) is 16.8. The molecule has 0 atom stereocenters. The van der Waals surface area contributed by atoms with E-state index in [1.165, 1.54) is 11.3 Å². The van der Waals surface area contributed by atoms with Gasteiger partial charge in [-0.2, -0.15) is 0 Å². The third-order valence-corrected chi connectivity index (χ3v) is 4.23. The van der Waals surface area contributed by atoms with Crippen LogP contribution in [-0.2, 0) is 4.74 Å². The topological polar surface area (TPSA) is 57.1 Å². The Bertz CT molecular complexity index is 736. The molecule has 0 amide bonds. The van der Waals surface area contributed by atoms with E-state index < -0.39 is 0 Å². The number of thiophene rings is 1. The molecule has 0 saturated heterocycles. The normalized spacial score (nSPS) is 12.8. The van der Waals surface area contributed by atoms with Crippen LogP contribution in [0.25, 0.3) is 0 Å². The standard InChI is InChI=1S/C16H15NO4S/c1-3-19-16(18)15-10(2)6-14(22-15)17-8-11-4-5-12-13(7-11)21-9-20-12/h4-8H,3,9H2,1-2H3. The quantitative estimate of drug-likeness (QED) is 0.637. The Balaban J connectivity index is 1.78. The number of hydrogen-bond donors (Lipinski definition) is 0. The van der Waals surface area contributed by atoms with Crippen LogP contribution in [0.2, 0.25) is 0 Å². The molecule has 0 unspecified atom stereocenters. The van der Waals surface area contributed by atoms with E-state index in [0.29, 0.717) is 11.5 Å². The highest BCUT2D eigenvalue weighted by atomic mass is 32.1. The second-order valence-electron chi connectivity index (χ2n) is 4.69. The summed E-state index contributed by atoms with van der Waals surface area (Å²) in [5, 5.41) is 0.762. The van der Waals surface area contributed by atoms with Crippen LogP contribution in [0.5, 0.6) is 11.5 Å². The minimum absolute atomic E-state index is 0.253. The highest BCUT2D eigenvalue weighted by molar-refractivity contribution is 7.17. The number of esters is 1. The molecule has 2 heterocycles. The lowest BCUT2D eigenvalue weighted by Crippen LogP contribution is -2.03. The smallest absolute Gasteiger partial charge is 0.348 e. The van der Waals surface area contributed by atoms with Crippen molar-refractivity contribution in [1.82, 2.24) is 0 Å². The van der Waals surface area contributed by atoms with Crippen LogP contribution >= 0.6 is 11.3 Å². The van der Waals surface area contributed by atoms with Gasteiger partial charge in [-0.05, 0) is 49.2 Å². The Morgan fingerprint density at radius 2 is 2.18 bits per heavy atom. The predicted molar refractivity (Wildman–Crippen MR) is 84.8 cm³/mol. The van der Waals surface area contributed by atoms with Crippen LogP contribution in [0.4, 0.5) is 5.00 Å². The number of carbonyl (C=O) groups is 1. The van der Waals surface area contributed by atoms with Crippen molar-refractivity contribution in [3.63, 3.8) is 0 Å². The van der Waals surface area contributed by atoms with Gasteiger partial charge in [-0.15, -0.1) is 11.3 Å². The summed E-state index contributed by atoms with van der Waals surface area (Å²) in [6.07, 6.45) is 1.74. The Hall–Kier alpha value is -2.34. The molecular formula is C16H15NO4S. The maximum absolute atomic E-state index is 11.8. The third-order valence-electron chi connectivity index (χ3n) is 3.10. The van der Waals surface area contributed by atoms with Crippen molar-refractivity contribution in [3.05, 3.63) is 40.3 Å². The maximum atomic E-state index is 11.8. The molecule has 5 nitrogen and oxygen atoms in total. The fourth-order valence-electron chi connectivity index (χ4n) is 2.06. The van der Waals surface area contributed by atoms with Gasteiger partial charge >= 0.3 is 5.97 Å². The van der Waals surface area contributed by atoms with Crippen LogP contribution in [0.15, 0.2) is 29.3 Å². The van der Waals surface area contributed by atoms with Crippen LogP contribution in [-0.4, -0.2) is 25.6 Å². The van der Waals surface area contributed by atoms with Crippen molar-refractivity contribution in [2.45, 2.75) is 13.8 Å². The minimum Gasteiger partial charge on any atom is -0.462 e. The molecule has 6 heteroatoms. The maximum Gasteiger partial charge on any atom is 0.348 e. The lowest BCUT2D eigenvalue weighted by Gasteiger charge is -1.98. The molecule has 1 aromatic carbocycles. The van der Waals surface area contributed by atoms with Crippen LogP contribution < -0.4 is 9.47 Å². The summed E-state index contributed by atoms with van der Waals surface area (Å²) < 4.78 is 15.6. The SMILES string of the molecule is CCOC(=O)c1sc(N=Cc2ccc3c(c2)OCO3)cc1C. The van der Waals surface area contributed by atoms with E-state index in [1.807, 2.05) is 31.2 Å². The lowest BCUT2D eigenvalue weighted by molar-refractivity contribution is 0.0531. The summed E-state index contributed by atoms with van der Waals surface area (Å²) in [6, 6.07) is 7.51. The monoisotopic (exact) mass is 317 g/mol. The molecule has 0 saturated carbocycles. The van der Waals surface area contributed by atoms with E-state index in [1.54, 1.807) is 13.1 Å². The van der Waals surface area contributed by atoms with Crippen LogP contribution in [0.3, 0.4) is 0 Å². The van der Waals surface area contributed by atoms with E-state index in [0.717, 1.165) is 27.6 Å². The Kier molecular flexibility index (Phi) is 4.11. The number of hydrogen-bond acceptors (Lipinski definition) is 6. The van der Waals surface area contributed by atoms with E-state index in [4.69, 9.17) is 14.2 Å². The predicted octanol–water partition coefficient (Wildman–Crippen LogP) is 3.71. The first kappa shape index (κ1) is 14.6. The molecule has 22 heavy (non-hydrogen) atoms. The molecular weight excluding hydrogens is 302 g/mol. The fraction of sp³-hybridized carbons (Fsp3) is 0.250. The highest BCUT2D eigenvalue weighted by Gasteiger charge is 2.15. The summed E-state index contributed by atoms with van der Waals surface area (Å²) in [5.41, 5.74) is 1.79. The Morgan fingerprint density at radius 1 is 1.36 bits per heavy atom. The number of aliphatic imine (C=N–C) groups is 1. The highest BCUT2D eigenvalue weighted by Crippen LogP contribution is 2.33. The molecule has 1 aromatic heterocycles. The number of fused-ring (bicyclic) bond motifs is 1. The first-order valence-corrected chi connectivity index (χ1v) is 7.70. The molecule has 0 fully saturated rings. The first-order chi connectivity index (χ1) is 10.7. The minimum atomic E-state index is -0.297. The van der Waals surface area contributed by atoms with Crippen molar-refractivity contribution < 1.29 is 19.0 Å². The zero-order valence-electron chi connectivity index (χ0n) is 12.3. The number of benzene rings is 1. The van der Waals surface area contributed by atoms with Gasteiger partial charge in [0.25, 0.3) is 0 Å². The van der Waals surface area contributed by atoms with Gasteiger partial charge in [0.05, 0.1) is 6.61 Å². The summed E-state index contributed by atoms with van der Waals surface area (Å²) in [7, 11) is 0. The lowest BCUT2D eigenvalue weighted by atomic mass is 10.2. The Labute approximate surface area is 132 Å². The van der Waals surface area contributed by atoms with Gasteiger partial charge in [-0.1, -0.05) is 0 Å². The van der Waals surface area contributed by atoms with Gasteiger partial charge in [0.2, 0.25) is 6.79 Å². The molecule has 0 spiro atoms. The van der Waals surface area contributed by atoms with Gasteiger partial charge in [0.15, 0.2) is 11.5 Å². The molecule has 0 radical (unpaired) electrons. The van der Waals surface area contributed by atoms with Crippen molar-refractivity contribution in [2.75, 3.05) is 13.4 Å². The molecule has 1 aliphatic heterocycles. The van der Waals surface area contributed by atoms with Crippen LogP contribution in [0, 0.1) is 6.92 Å². The summed E-state index contributed by atoms with van der Waals surface area (Å²) >= 11 is 1.32. The summed E-state index contributed by atoms with van der Waals surface area (Å²) in [6.45, 7) is 4.29. The number of aryl methyl sites for hydroxylation is 1. The number of carbonyl (C=O) groups excluding carboxylic acids is 1. The largest absolute Gasteiger partial charge is 0.462 e. The van der Waals surface area contributed by atoms with Gasteiger partial charge in [0, 0.05) is 6.21 Å². The number of nitrogens with zero attached hydrogens (tertiary/aromatic N) is 1. The van der Waals surface area contributed by atoms with E-state index >= 15 is 0 Å². The van der Waals surface area contributed by atoms with Crippen molar-refractivity contribution in [3.8, 4) is 11.5 Å².